The number of benzene rings is 1. The molecule has 0 unspecified atom stereocenters. The molecule has 0 aliphatic heterocycles. The normalized spacial score (nSPS) is 11.6. The number of hydrogen-bond acceptors (Lipinski definition) is 4. The van der Waals surface area contributed by atoms with Crippen molar-refractivity contribution in [2.45, 2.75) is 11.4 Å². The summed E-state index contributed by atoms with van der Waals surface area (Å²) in [6.07, 6.45) is 2.91. The lowest BCUT2D eigenvalue weighted by molar-refractivity contribution is 0.578. The van der Waals surface area contributed by atoms with E-state index in [4.69, 9.17) is 5.73 Å². The molecule has 4 N–H and O–H groups in total. The van der Waals surface area contributed by atoms with Crippen molar-refractivity contribution in [3.63, 3.8) is 0 Å². The minimum absolute atomic E-state index is 0.0261. The molecule has 96 valence electrons. The summed E-state index contributed by atoms with van der Waals surface area (Å²) in [5, 5.41) is 0. The number of hydrogen-bond donors (Lipinski definition) is 3. The highest BCUT2D eigenvalue weighted by Gasteiger charge is 2.19. The molecule has 2 rings (SSSR count). The number of aromatic amines is 1. The molecule has 0 fully saturated rings. The Morgan fingerprint density at radius 2 is 2.22 bits per heavy atom. The van der Waals surface area contributed by atoms with E-state index in [1.807, 2.05) is 0 Å². The van der Waals surface area contributed by atoms with Gasteiger partial charge in [0, 0.05) is 11.9 Å². The Kier molecular flexibility index (Phi) is 3.30. The van der Waals surface area contributed by atoms with Crippen molar-refractivity contribution in [3.8, 4) is 0 Å². The van der Waals surface area contributed by atoms with E-state index in [9.17, 15) is 12.8 Å². The third kappa shape index (κ3) is 2.49. The quantitative estimate of drug-likeness (QED) is 0.708. The molecule has 1 heterocycles. The van der Waals surface area contributed by atoms with E-state index in [0.29, 0.717) is 5.69 Å². The van der Waals surface area contributed by atoms with Crippen molar-refractivity contribution in [1.29, 1.82) is 0 Å². The van der Waals surface area contributed by atoms with Gasteiger partial charge in [0.25, 0.3) is 0 Å². The summed E-state index contributed by atoms with van der Waals surface area (Å²) in [5.41, 5.74) is 5.60. The minimum atomic E-state index is -3.85. The summed E-state index contributed by atoms with van der Waals surface area (Å²) in [7, 11) is -3.85. The van der Waals surface area contributed by atoms with Crippen LogP contribution in [-0.2, 0) is 16.6 Å². The van der Waals surface area contributed by atoms with Gasteiger partial charge in [-0.1, -0.05) is 6.07 Å². The van der Waals surface area contributed by atoms with Crippen molar-refractivity contribution >= 4 is 15.7 Å². The van der Waals surface area contributed by atoms with E-state index in [-0.39, 0.29) is 11.4 Å². The molecule has 0 aliphatic rings. The molecule has 0 spiro atoms. The molecule has 0 amide bonds. The van der Waals surface area contributed by atoms with Crippen LogP contribution in [0.1, 0.15) is 5.69 Å². The lowest BCUT2D eigenvalue weighted by Gasteiger charge is -2.08. The largest absolute Gasteiger partial charge is 0.395 e. The third-order valence-electron chi connectivity index (χ3n) is 2.31. The van der Waals surface area contributed by atoms with E-state index < -0.39 is 21.5 Å². The predicted molar refractivity (Wildman–Crippen MR) is 63.4 cm³/mol. The second-order valence-electron chi connectivity index (χ2n) is 3.55. The first-order valence-corrected chi connectivity index (χ1v) is 6.50. The summed E-state index contributed by atoms with van der Waals surface area (Å²) >= 11 is 0. The van der Waals surface area contributed by atoms with E-state index >= 15 is 0 Å². The monoisotopic (exact) mass is 270 g/mol. The molecule has 6 nitrogen and oxygen atoms in total. The number of H-pyrrole nitrogens is 1. The van der Waals surface area contributed by atoms with Gasteiger partial charge >= 0.3 is 0 Å². The SMILES string of the molecule is Nc1c(F)cccc1S(=O)(=O)NCc1cnc[nH]1. The van der Waals surface area contributed by atoms with Gasteiger partial charge in [-0.25, -0.2) is 22.5 Å². The maximum Gasteiger partial charge on any atom is 0.243 e. The predicted octanol–water partition coefficient (Wildman–Crippen LogP) is 0.610. The zero-order valence-electron chi connectivity index (χ0n) is 9.22. The molecule has 2 aromatic rings. The number of para-hydroxylation sites is 1. The maximum atomic E-state index is 13.2. The molecule has 0 atom stereocenters. The maximum absolute atomic E-state index is 13.2. The van der Waals surface area contributed by atoms with Crippen molar-refractivity contribution < 1.29 is 12.8 Å². The number of nitrogen functional groups attached to an aromatic ring is 1. The highest BCUT2D eigenvalue weighted by Crippen LogP contribution is 2.20. The minimum Gasteiger partial charge on any atom is -0.395 e. The fourth-order valence-corrected chi connectivity index (χ4v) is 2.53. The Bertz CT molecular complexity index is 640. The molecule has 0 bridgehead atoms. The number of anilines is 1. The standard InChI is InChI=1S/C10H11FN4O2S/c11-8-2-1-3-9(10(8)12)18(16,17)15-5-7-4-13-6-14-7/h1-4,6,15H,5,12H2,(H,13,14). The Balaban J connectivity index is 2.23. The lowest BCUT2D eigenvalue weighted by Crippen LogP contribution is -2.24. The van der Waals surface area contributed by atoms with Gasteiger partial charge in [0.1, 0.15) is 10.7 Å². The number of rotatable bonds is 4. The summed E-state index contributed by atoms with van der Waals surface area (Å²) in [6.45, 7) is 0.0261. The van der Waals surface area contributed by atoms with Gasteiger partial charge in [0.15, 0.2) is 0 Å². The highest BCUT2D eigenvalue weighted by atomic mass is 32.2. The van der Waals surface area contributed by atoms with E-state index in [1.165, 1.54) is 24.7 Å². The van der Waals surface area contributed by atoms with Crippen molar-refractivity contribution in [2.75, 3.05) is 5.73 Å². The third-order valence-corrected chi connectivity index (χ3v) is 3.77. The number of nitrogens with zero attached hydrogens (tertiary/aromatic N) is 1. The van der Waals surface area contributed by atoms with Gasteiger partial charge in [0.05, 0.1) is 18.6 Å². The molecular formula is C10H11FN4O2S. The molecule has 0 saturated carbocycles. The Morgan fingerprint density at radius 1 is 1.44 bits per heavy atom. The molecule has 0 saturated heterocycles. The fraction of sp³-hybridized carbons (Fsp3) is 0.100. The smallest absolute Gasteiger partial charge is 0.243 e. The van der Waals surface area contributed by atoms with Crippen molar-refractivity contribution in [2.24, 2.45) is 0 Å². The number of halogens is 1. The van der Waals surface area contributed by atoms with Crippen LogP contribution in [0.2, 0.25) is 0 Å². The number of imidazole rings is 1. The summed E-state index contributed by atoms with van der Waals surface area (Å²) in [4.78, 5) is 6.22. The van der Waals surface area contributed by atoms with Crippen LogP contribution < -0.4 is 10.5 Å². The Labute approximate surface area is 103 Å². The Morgan fingerprint density at radius 3 is 2.89 bits per heavy atom. The topological polar surface area (TPSA) is 101 Å². The number of nitrogens with two attached hydrogens (primary N) is 1. The Hall–Kier alpha value is -1.93. The molecule has 0 radical (unpaired) electrons. The van der Waals surface area contributed by atoms with E-state index in [2.05, 4.69) is 14.7 Å². The van der Waals surface area contributed by atoms with Crippen LogP contribution in [-0.4, -0.2) is 18.4 Å². The van der Waals surface area contributed by atoms with Crippen molar-refractivity contribution in [3.05, 3.63) is 42.2 Å². The summed E-state index contributed by atoms with van der Waals surface area (Å²) in [5.74, 6) is -0.764. The van der Waals surface area contributed by atoms with Crippen LogP contribution in [0, 0.1) is 5.82 Å². The molecule has 1 aromatic carbocycles. The fourth-order valence-electron chi connectivity index (χ4n) is 1.38. The van der Waals surface area contributed by atoms with Gasteiger partial charge in [-0.05, 0) is 12.1 Å². The first-order chi connectivity index (χ1) is 8.50. The zero-order valence-corrected chi connectivity index (χ0v) is 10.0. The zero-order chi connectivity index (χ0) is 13.2. The lowest BCUT2D eigenvalue weighted by atomic mass is 10.3. The number of sulfonamides is 1. The summed E-state index contributed by atoms with van der Waals surface area (Å²) < 4.78 is 39.3. The average Bonchev–Trinajstić information content (AvgIpc) is 2.83. The second-order valence-corrected chi connectivity index (χ2v) is 5.29. The van der Waals surface area contributed by atoms with Gasteiger partial charge in [-0.3, -0.25) is 0 Å². The molecule has 1 aromatic heterocycles. The second kappa shape index (κ2) is 4.75. The molecule has 8 heteroatoms. The van der Waals surface area contributed by atoms with Gasteiger partial charge < -0.3 is 10.7 Å². The highest BCUT2D eigenvalue weighted by molar-refractivity contribution is 7.89. The molecule has 18 heavy (non-hydrogen) atoms. The van der Waals surface area contributed by atoms with E-state index in [0.717, 1.165) is 6.07 Å². The van der Waals surface area contributed by atoms with Crippen LogP contribution in [0.25, 0.3) is 0 Å². The molecule has 0 aliphatic carbocycles. The summed E-state index contributed by atoms with van der Waals surface area (Å²) in [6, 6.07) is 3.63. The van der Waals surface area contributed by atoms with Crippen LogP contribution in [0.5, 0.6) is 0 Å². The van der Waals surface area contributed by atoms with Crippen LogP contribution in [0.3, 0.4) is 0 Å². The van der Waals surface area contributed by atoms with Crippen LogP contribution in [0.15, 0.2) is 35.6 Å². The first-order valence-electron chi connectivity index (χ1n) is 5.01. The molecular weight excluding hydrogens is 259 g/mol. The number of aromatic nitrogens is 2. The average molecular weight is 270 g/mol. The van der Waals surface area contributed by atoms with Gasteiger partial charge in [0.2, 0.25) is 10.0 Å². The van der Waals surface area contributed by atoms with Gasteiger partial charge in [-0.2, -0.15) is 0 Å². The van der Waals surface area contributed by atoms with Crippen LogP contribution in [0.4, 0.5) is 10.1 Å². The van der Waals surface area contributed by atoms with Gasteiger partial charge in [-0.15, -0.1) is 0 Å². The van der Waals surface area contributed by atoms with Crippen molar-refractivity contribution in [1.82, 2.24) is 14.7 Å². The van der Waals surface area contributed by atoms with Crippen LogP contribution >= 0.6 is 0 Å². The first kappa shape index (κ1) is 12.5. The number of nitrogens with one attached hydrogen (secondary N) is 2. The van der Waals surface area contributed by atoms with E-state index in [1.54, 1.807) is 0 Å².